The number of carbonyl (C=O) groups is 2. The molecule has 33 heavy (non-hydrogen) atoms. The summed E-state index contributed by atoms with van der Waals surface area (Å²) in [5.74, 6) is 1.04. The molecule has 1 saturated heterocycles. The third-order valence-corrected chi connectivity index (χ3v) is 10.7. The average molecular weight is 449 g/mol. The first-order valence-electron chi connectivity index (χ1n) is 12.8. The van der Waals surface area contributed by atoms with Crippen LogP contribution >= 0.6 is 0 Å². The van der Waals surface area contributed by atoms with E-state index in [0.717, 1.165) is 44.1 Å². The summed E-state index contributed by atoms with van der Waals surface area (Å²) >= 11 is 0. The van der Waals surface area contributed by atoms with Crippen molar-refractivity contribution in [3.05, 3.63) is 47.5 Å². The lowest BCUT2D eigenvalue weighted by molar-refractivity contribution is -0.227. The largest absolute Gasteiger partial charge is 0.339 e. The highest BCUT2D eigenvalue weighted by Gasteiger charge is 2.75. The third-order valence-electron chi connectivity index (χ3n) is 10.7. The number of Topliss-reactive ketones (excluding diaryl/α,β-unsaturated/α-hetero) is 1. The molecule has 3 unspecified atom stereocenters. The SMILES string of the molecule is CC(=O)[C@@]12O[C@](C)(c3ccccc3)O[C@@H]1CC1C3CCC4=CC(=O)CC[C@]4(C)C3CC[C@@]12C. The summed E-state index contributed by atoms with van der Waals surface area (Å²) in [7, 11) is 0. The molecule has 1 heterocycles. The zero-order valence-electron chi connectivity index (χ0n) is 20.4. The van der Waals surface area contributed by atoms with Crippen LogP contribution in [0.15, 0.2) is 42.0 Å². The highest BCUT2D eigenvalue weighted by molar-refractivity contribution is 5.91. The van der Waals surface area contributed by atoms with Crippen LogP contribution < -0.4 is 0 Å². The van der Waals surface area contributed by atoms with Crippen molar-refractivity contribution < 1.29 is 19.1 Å². The van der Waals surface area contributed by atoms with Crippen LogP contribution in [-0.4, -0.2) is 23.3 Å². The average Bonchev–Trinajstić information content (AvgIpc) is 3.23. The molecule has 0 N–H and O–H groups in total. The lowest BCUT2D eigenvalue weighted by atomic mass is 9.46. The maximum Gasteiger partial charge on any atom is 0.193 e. The summed E-state index contributed by atoms with van der Waals surface area (Å²) < 4.78 is 13.6. The van der Waals surface area contributed by atoms with Crippen molar-refractivity contribution in [3.63, 3.8) is 0 Å². The predicted molar refractivity (Wildman–Crippen MR) is 125 cm³/mol. The predicted octanol–water partition coefficient (Wildman–Crippen LogP) is 5.74. The Morgan fingerprint density at radius 1 is 1.00 bits per heavy atom. The Hall–Kier alpha value is -1.78. The van der Waals surface area contributed by atoms with Gasteiger partial charge in [0.05, 0.1) is 6.10 Å². The minimum atomic E-state index is -0.902. The molecule has 8 atom stereocenters. The van der Waals surface area contributed by atoms with Gasteiger partial charge in [-0.05, 0) is 81.6 Å². The second kappa shape index (κ2) is 6.88. The van der Waals surface area contributed by atoms with Crippen LogP contribution in [0.2, 0.25) is 0 Å². The van der Waals surface area contributed by atoms with Gasteiger partial charge in [0.15, 0.2) is 23.0 Å². The van der Waals surface area contributed by atoms with Gasteiger partial charge in [-0.1, -0.05) is 49.8 Å². The molecule has 5 aliphatic rings. The number of rotatable bonds is 2. The summed E-state index contributed by atoms with van der Waals surface area (Å²) in [6.07, 6.45) is 8.46. The molecule has 4 aliphatic carbocycles. The second-order valence-corrected chi connectivity index (χ2v) is 12.0. The van der Waals surface area contributed by atoms with Crippen LogP contribution in [0.1, 0.15) is 78.2 Å². The topological polar surface area (TPSA) is 52.6 Å². The van der Waals surface area contributed by atoms with Gasteiger partial charge < -0.3 is 9.47 Å². The molecule has 6 rings (SSSR count). The molecule has 1 aromatic rings. The summed E-state index contributed by atoms with van der Waals surface area (Å²) in [6, 6.07) is 10.1. The fraction of sp³-hybridized carbons (Fsp3) is 0.655. The zero-order valence-corrected chi connectivity index (χ0v) is 20.4. The fourth-order valence-corrected chi connectivity index (χ4v) is 9.02. The molecule has 1 aliphatic heterocycles. The molecule has 4 fully saturated rings. The Morgan fingerprint density at radius 3 is 2.48 bits per heavy atom. The Labute approximate surface area is 197 Å². The smallest absolute Gasteiger partial charge is 0.193 e. The van der Waals surface area contributed by atoms with Crippen molar-refractivity contribution in [2.45, 2.75) is 90.1 Å². The summed E-state index contributed by atoms with van der Waals surface area (Å²) in [6.45, 7) is 8.41. The second-order valence-electron chi connectivity index (χ2n) is 12.0. The molecular weight excluding hydrogens is 412 g/mol. The molecule has 1 aromatic carbocycles. The number of ether oxygens (including phenoxy) is 2. The summed E-state index contributed by atoms with van der Waals surface area (Å²) in [4.78, 5) is 25.6. The monoisotopic (exact) mass is 448 g/mol. The Balaban J connectivity index is 1.38. The minimum Gasteiger partial charge on any atom is -0.339 e. The molecule has 0 aromatic heterocycles. The number of benzene rings is 1. The van der Waals surface area contributed by atoms with E-state index in [1.807, 2.05) is 43.3 Å². The van der Waals surface area contributed by atoms with Crippen molar-refractivity contribution >= 4 is 11.6 Å². The number of ketones is 2. The first-order chi connectivity index (χ1) is 15.6. The van der Waals surface area contributed by atoms with Crippen molar-refractivity contribution in [2.24, 2.45) is 28.6 Å². The molecule has 3 saturated carbocycles. The summed E-state index contributed by atoms with van der Waals surface area (Å²) in [5, 5.41) is 0. The van der Waals surface area contributed by atoms with E-state index >= 15 is 0 Å². The molecule has 4 heteroatoms. The third kappa shape index (κ3) is 2.65. The van der Waals surface area contributed by atoms with E-state index in [4.69, 9.17) is 9.47 Å². The molecule has 4 nitrogen and oxygen atoms in total. The van der Waals surface area contributed by atoms with Crippen molar-refractivity contribution in [1.29, 1.82) is 0 Å². The lowest BCUT2D eigenvalue weighted by Crippen LogP contribution is -2.59. The van der Waals surface area contributed by atoms with E-state index < -0.39 is 11.4 Å². The fourth-order valence-electron chi connectivity index (χ4n) is 9.02. The van der Waals surface area contributed by atoms with Gasteiger partial charge in [-0.25, -0.2) is 0 Å². The minimum absolute atomic E-state index is 0.112. The molecule has 176 valence electrons. The van der Waals surface area contributed by atoms with E-state index in [0.29, 0.717) is 30.0 Å². The number of hydrogen-bond donors (Lipinski definition) is 0. The Bertz CT molecular complexity index is 1040. The van der Waals surface area contributed by atoms with E-state index in [2.05, 4.69) is 13.8 Å². The standard InChI is InChI=1S/C29H36O4/c1-18(30)29-25(32-28(4,33-29)19-8-6-5-7-9-19)17-24-22-11-10-20-16-21(31)12-14-26(20,2)23(22)13-15-27(24,29)3/h5-9,16,22-25H,10-15,17H2,1-4H3/t22?,23?,24?,25-,26+,27+,28-,29-/m1/s1. The van der Waals surface area contributed by atoms with E-state index in [-0.39, 0.29) is 22.7 Å². The number of carbonyl (C=O) groups excluding carboxylic acids is 2. The van der Waals surface area contributed by atoms with Crippen molar-refractivity contribution in [2.75, 3.05) is 0 Å². The van der Waals surface area contributed by atoms with Gasteiger partial charge in [0, 0.05) is 17.4 Å². The number of fused-ring (bicyclic) bond motifs is 7. The van der Waals surface area contributed by atoms with E-state index in [1.165, 1.54) is 5.57 Å². The van der Waals surface area contributed by atoms with Crippen LogP contribution in [0.5, 0.6) is 0 Å². The van der Waals surface area contributed by atoms with Gasteiger partial charge in [0.2, 0.25) is 0 Å². The molecule has 0 amide bonds. The van der Waals surface area contributed by atoms with Gasteiger partial charge in [0.25, 0.3) is 0 Å². The molecule has 0 spiro atoms. The van der Waals surface area contributed by atoms with Crippen molar-refractivity contribution in [1.82, 2.24) is 0 Å². The first-order valence-corrected chi connectivity index (χ1v) is 12.8. The molecular formula is C29H36O4. The highest BCUT2D eigenvalue weighted by Crippen LogP contribution is 2.71. The van der Waals surface area contributed by atoms with Crippen LogP contribution in [0.25, 0.3) is 0 Å². The summed E-state index contributed by atoms with van der Waals surface area (Å²) in [5.41, 5.74) is 1.35. The van der Waals surface area contributed by atoms with E-state index in [9.17, 15) is 9.59 Å². The number of allylic oxidation sites excluding steroid dienone is 1. The molecule has 0 bridgehead atoms. The van der Waals surface area contributed by atoms with Gasteiger partial charge in [0.1, 0.15) is 0 Å². The molecule has 0 radical (unpaired) electrons. The Morgan fingerprint density at radius 2 is 1.76 bits per heavy atom. The normalized spacial score (nSPS) is 48.4. The van der Waals surface area contributed by atoms with Crippen molar-refractivity contribution in [3.8, 4) is 0 Å². The van der Waals surface area contributed by atoms with Crippen LogP contribution in [-0.2, 0) is 24.8 Å². The van der Waals surface area contributed by atoms with Gasteiger partial charge >= 0.3 is 0 Å². The maximum absolute atomic E-state index is 13.5. The van der Waals surface area contributed by atoms with Crippen LogP contribution in [0.4, 0.5) is 0 Å². The number of hydrogen-bond acceptors (Lipinski definition) is 4. The highest BCUT2D eigenvalue weighted by atomic mass is 16.8. The Kier molecular flexibility index (Phi) is 4.53. The van der Waals surface area contributed by atoms with Gasteiger partial charge in [-0.15, -0.1) is 0 Å². The quantitative estimate of drug-likeness (QED) is 0.579. The van der Waals surface area contributed by atoms with Crippen LogP contribution in [0.3, 0.4) is 0 Å². The van der Waals surface area contributed by atoms with Gasteiger partial charge in [-0.2, -0.15) is 0 Å². The lowest BCUT2D eigenvalue weighted by Gasteiger charge is -2.59. The maximum atomic E-state index is 13.5. The van der Waals surface area contributed by atoms with E-state index in [1.54, 1.807) is 6.92 Å². The first kappa shape index (κ1) is 21.7. The zero-order chi connectivity index (χ0) is 23.2. The van der Waals surface area contributed by atoms with Gasteiger partial charge in [-0.3, -0.25) is 9.59 Å². The van der Waals surface area contributed by atoms with Crippen LogP contribution in [0, 0.1) is 28.6 Å².